The quantitative estimate of drug-likeness (QED) is 0.431. The summed E-state index contributed by atoms with van der Waals surface area (Å²) in [5.74, 6) is 0.240. The SMILES string of the molecule is CC(CF)C1CCC(C(=O)N2CC[C@@H](C3CCCCC3)[C@H]2C(=O)Cc2ccc3[nH]c(C(=O)O)cc3c2)CC1. The fraction of sp³-hybridized carbons (Fsp3) is 0.645. The van der Waals surface area contributed by atoms with Crippen molar-refractivity contribution in [2.75, 3.05) is 13.2 Å². The van der Waals surface area contributed by atoms with Crippen molar-refractivity contribution in [3.8, 4) is 0 Å². The van der Waals surface area contributed by atoms with Crippen molar-refractivity contribution in [1.82, 2.24) is 9.88 Å². The second kappa shape index (κ2) is 11.6. The summed E-state index contributed by atoms with van der Waals surface area (Å²) in [6, 6.07) is 6.82. The molecule has 0 bridgehead atoms. The molecule has 2 aliphatic carbocycles. The number of carbonyl (C=O) groups excluding carboxylic acids is 2. The van der Waals surface area contributed by atoms with Crippen LogP contribution in [0.15, 0.2) is 24.3 Å². The van der Waals surface area contributed by atoms with Crippen LogP contribution < -0.4 is 0 Å². The van der Waals surface area contributed by atoms with E-state index >= 15 is 0 Å². The molecule has 2 aromatic rings. The predicted octanol–water partition coefficient (Wildman–Crippen LogP) is 6.19. The molecular formula is C31H41FN2O4. The molecule has 1 aromatic heterocycles. The number of nitrogens with one attached hydrogen (secondary N) is 1. The van der Waals surface area contributed by atoms with Gasteiger partial charge in [-0.3, -0.25) is 14.0 Å². The highest BCUT2D eigenvalue weighted by Crippen LogP contribution is 2.42. The third-order valence-electron chi connectivity index (χ3n) is 9.78. The molecule has 1 aromatic carbocycles. The lowest BCUT2D eigenvalue weighted by Crippen LogP contribution is -2.48. The van der Waals surface area contributed by atoms with Gasteiger partial charge in [0.15, 0.2) is 5.78 Å². The molecule has 2 heterocycles. The van der Waals surface area contributed by atoms with Crippen molar-refractivity contribution in [2.45, 2.75) is 83.6 Å². The van der Waals surface area contributed by atoms with E-state index in [0.717, 1.165) is 61.4 Å². The van der Waals surface area contributed by atoms with E-state index in [9.17, 15) is 23.9 Å². The van der Waals surface area contributed by atoms with E-state index in [1.54, 1.807) is 6.07 Å². The monoisotopic (exact) mass is 524 g/mol. The van der Waals surface area contributed by atoms with Crippen LogP contribution >= 0.6 is 0 Å². The van der Waals surface area contributed by atoms with Gasteiger partial charge in [0.05, 0.1) is 12.7 Å². The lowest BCUT2D eigenvalue weighted by molar-refractivity contribution is -0.143. The number of rotatable bonds is 8. The molecular weight excluding hydrogens is 483 g/mol. The summed E-state index contributed by atoms with van der Waals surface area (Å²) in [6.45, 7) is 2.31. The number of aromatic carboxylic acids is 1. The van der Waals surface area contributed by atoms with Crippen molar-refractivity contribution in [3.05, 3.63) is 35.5 Å². The normalized spacial score (nSPS) is 27.5. The standard InChI is InChI=1S/C31H41FN2O4/c1-19(18-32)21-8-10-23(11-9-21)30(36)34-14-13-25(22-5-3-2-4-6-22)29(34)28(35)16-20-7-12-26-24(15-20)17-27(33-26)31(37)38/h7,12,15,17,19,21-23,25,29,33H,2-6,8-11,13-14,16,18H2,1H3,(H,37,38)/t19?,21?,23?,25-,29-/m0/s1. The number of ketones is 1. The number of amides is 1. The van der Waals surface area contributed by atoms with Crippen molar-refractivity contribution < 1.29 is 23.9 Å². The first-order valence-corrected chi connectivity index (χ1v) is 14.6. The molecule has 1 unspecified atom stereocenters. The number of fused-ring (bicyclic) bond motifs is 1. The lowest BCUT2D eigenvalue weighted by Gasteiger charge is -2.37. The molecule has 38 heavy (non-hydrogen) atoms. The van der Waals surface area contributed by atoms with Gasteiger partial charge in [0, 0.05) is 29.8 Å². The Kier molecular flexibility index (Phi) is 8.20. The van der Waals surface area contributed by atoms with Crippen LogP contribution in [0.3, 0.4) is 0 Å². The average molecular weight is 525 g/mol. The number of carboxylic acids is 1. The Morgan fingerprint density at radius 2 is 1.76 bits per heavy atom. The number of carboxylic acid groups (broad SMARTS) is 1. The van der Waals surface area contributed by atoms with E-state index in [0.29, 0.717) is 18.4 Å². The molecule has 3 aliphatic rings. The third kappa shape index (κ3) is 5.52. The Balaban J connectivity index is 1.34. The highest BCUT2D eigenvalue weighted by atomic mass is 19.1. The largest absolute Gasteiger partial charge is 0.477 e. The summed E-state index contributed by atoms with van der Waals surface area (Å²) >= 11 is 0. The van der Waals surface area contributed by atoms with E-state index in [1.807, 2.05) is 30.0 Å². The molecule has 2 saturated carbocycles. The number of aromatic nitrogens is 1. The Morgan fingerprint density at radius 3 is 2.45 bits per heavy atom. The summed E-state index contributed by atoms with van der Waals surface area (Å²) in [4.78, 5) is 43.9. The second-order valence-corrected chi connectivity index (χ2v) is 12.1. The molecule has 6 nitrogen and oxygen atoms in total. The van der Waals surface area contributed by atoms with Crippen LogP contribution in [-0.4, -0.2) is 51.9 Å². The maximum atomic E-state index is 14.0. The molecule has 1 amide bonds. The number of alkyl halides is 1. The maximum Gasteiger partial charge on any atom is 0.352 e. The number of aromatic amines is 1. The lowest BCUT2D eigenvalue weighted by atomic mass is 9.74. The maximum absolute atomic E-state index is 14.0. The van der Waals surface area contributed by atoms with Crippen LogP contribution in [-0.2, 0) is 16.0 Å². The summed E-state index contributed by atoms with van der Waals surface area (Å²) in [6.07, 6.45) is 10.4. The Morgan fingerprint density at radius 1 is 1.03 bits per heavy atom. The molecule has 2 N–H and O–H groups in total. The molecule has 7 heteroatoms. The zero-order chi connectivity index (χ0) is 26.8. The predicted molar refractivity (Wildman–Crippen MR) is 145 cm³/mol. The molecule has 1 aliphatic heterocycles. The number of hydrogen-bond donors (Lipinski definition) is 2. The Bertz CT molecular complexity index is 1160. The van der Waals surface area contributed by atoms with Crippen LogP contribution in [0.2, 0.25) is 0 Å². The Labute approximate surface area is 224 Å². The van der Waals surface area contributed by atoms with Gasteiger partial charge in [-0.05, 0) is 79.5 Å². The molecule has 206 valence electrons. The fourth-order valence-corrected chi connectivity index (χ4v) is 7.54. The number of Topliss-reactive ketones (excluding diaryl/α,β-unsaturated/α-hetero) is 1. The third-order valence-corrected chi connectivity index (χ3v) is 9.78. The summed E-state index contributed by atoms with van der Waals surface area (Å²) in [7, 11) is 0. The van der Waals surface area contributed by atoms with Crippen LogP contribution in [0.25, 0.3) is 10.9 Å². The van der Waals surface area contributed by atoms with E-state index in [-0.39, 0.29) is 54.3 Å². The minimum Gasteiger partial charge on any atom is -0.477 e. The van der Waals surface area contributed by atoms with Gasteiger partial charge >= 0.3 is 5.97 Å². The first-order chi connectivity index (χ1) is 18.4. The second-order valence-electron chi connectivity index (χ2n) is 12.1. The Hall–Kier alpha value is -2.70. The zero-order valence-corrected chi connectivity index (χ0v) is 22.5. The van der Waals surface area contributed by atoms with E-state index < -0.39 is 5.97 Å². The van der Waals surface area contributed by atoms with E-state index in [4.69, 9.17) is 0 Å². The van der Waals surface area contributed by atoms with Crippen molar-refractivity contribution >= 4 is 28.6 Å². The van der Waals surface area contributed by atoms with Crippen LogP contribution in [0, 0.1) is 29.6 Å². The number of hydrogen-bond acceptors (Lipinski definition) is 3. The average Bonchev–Trinajstić information content (AvgIpc) is 3.58. The summed E-state index contributed by atoms with van der Waals surface area (Å²) < 4.78 is 13.2. The molecule has 5 rings (SSSR count). The minimum atomic E-state index is -1.01. The molecule has 3 fully saturated rings. The van der Waals surface area contributed by atoms with Gasteiger partial charge in [0.25, 0.3) is 0 Å². The molecule has 0 spiro atoms. The first-order valence-electron chi connectivity index (χ1n) is 14.6. The van der Waals surface area contributed by atoms with Gasteiger partial charge in [0.1, 0.15) is 5.69 Å². The molecule has 3 atom stereocenters. The van der Waals surface area contributed by atoms with Gasteiger partial charge in [0.2, 0.25) is 5.91 Å². The summed E-state index contributed by atoms with van der Waals surface area (Å²) in [5.41, 5.74) is 1.71. The van der Waals surface area contributed by atoms with Crippen LogP contribution in [0.5, 0.6) is 0 Å². The number of nitrogens with zero attached hydrogens (tertiary/aromatic N) is 1. The molecule has 1 saturated heterocycles. The van der Waals surface area contributed by atoms with Gasteiger partial charge in [-0.1, -0.05) is 45.1 Å². The molecule has 0 radical (unpaired) electrons. The van der Waals surface area contributed by atoms with E-state index in [2.05, 4.69) is 4.98 Å². The highest BCUT2D eigenvalue weighted by molar-refractivity contribution is 5.95. The number of halogens is 1. The van der Waals surface area contributed by atoms with Gasteiger partial charge in [-0.15, -0.1) is 0 Å². The minimum absolute atomic E-state index is 0.0480. The van der Waals surface area contributed by atoms with Crippen molar-refractivity contribution in [3.63, 3.8) is 0 Å². The zero-order valence-electron chi connectivity index (χ0n) is 22.5. The first kappa shape index (κ1) is 26.9. The van der Waals surface area contributed by atoms with Gasteiger partial charge < -0.3 is 15.0 Å². The topological polar surface area (TPSA) is 90.5 Å². The summed E-state index contributed by atoms with van der Waals surface area (Å²) in [5, 5.41) is 10.1. The van der Waals surface area contributed by atoms with Gasteiger partial charge in [-0.25, -0.2) is 4.79 Å². The van der Waals surface area contributed by atoms with Gasteiger partial charge in [-0.2, -0.15) is 0 Å². The number of H-pyrrole nitrogens is 1. The van der Waals surface area contributed by atoms with Crippen LogP contribution in [0.4, 0.5) is 4.39 Å². The van der Waals surface area contributed by atoms with Crippen molar-refractivity contribution in [2.24, 2.45) is 29.6 Å². The van der Waals surface area contributed by atoms with E-state index in [1.165, 1.54) is 19.3 Å². The van der Waals surface area contributed by atoms with Crippen LogP contribution in [0.1, 0.15) is 87.2 Å². The smallest absolute Gasteiger partial charge is 0.352 e. The number of carbonyl (C=O) groups is 3. The highest BCUT2D eigenvalue weighted by Gasteiger charge is 2.46. The number of benzene rings is 1. The number of likely N-dealkylation sites (tertiary alicyclic amines) is 1. The fourth-order valence-electron chi connectivity index (χ4n) is 7.54. The van der Waals surface area contributed by atoms with Crippen molar-refractivity contribution in [1.29, 1.82) is 0 Å².